The molecule has 1 aromatic carbocycles. The third-order valence-corrected chi connectivity index (χ3v) is 3.83. The maximum atomic E-state index is 5.74. The Labute approximate surface area is 121 Å². The molecule has 4 nitrogen and oxygen atoms in total. The Balaban J connectivity index is 2.11. The quantitative estimate of drug-likeness (QED) is 0.886. The van der Waals surface area contributed by atoms with Gasteiger partial charge in [0.1, 0.15) is 0 Å². The molecular weight excluding hydrogens is 306 g/mol. The molecule has 2 rings (SSSR count). The van der Waals surface area contributed by atoms with Crippen molar-refractivity contribution >= 4 is 15.9 Å². The summed E-state index contributed by atoms with van der Waals surface area (Å²) in [6.45, 7) is 2.67. The minimum absolute atomic E-state index is 0.172. The van der Waals surface area contributed by atoms with E-state index in [1.165, 1.54) is 0 Å². The summed E-state index contributed by atoms with van der Waals surface area (Å²) in [7, 11) is 0. The average Bonchev–Trinajstić information content (AvgIpc) is 2.87. The summed E-state index contributed by atoms with van der Waals surface area (Å²) >= 11 is 3.52. The smallest absolute Gasteiger partial charge is 0.231 e. The van der Waals surface area contributed by atoms with Crippen LogP contribution in [0.1, 0.15) is 43.0 Å². The molecule has 1 unspecified atom stereocenters. The maximum Gasteiger partial charge on any atom is 0.231 e. The van der Waals surface area contributed by atoms with Gasteiger partial charge in [-0.15, -0.1) is 0 Å². The Morgan fingerprint density at radius 3 is 2.84 bits per heavy atom. The average molecular weight is 324 g/mol. The Morgan fingerprint density at radius 1 is 1.37 bits per heavy atom. The third-order valence-electron chi connectivity index (χ3n) is 3.06. The molecule has 0 saturated carbocycles. The van der Waals surface area contributed by atoms with E-state index in [4.69, 9.17) is 10.3 Å². The Kier molecular flexibility index (Phi) is 5.10. The second-order valence-electron chi connectivity index (χ2n) is 4.54. The van der Waals surface area contributed by atoms with Crippen LogP contribution in [0.25, 0.3) is 0 Å². The van der Waals surface area contributed by atoms with Gasteiger partial charge in [0.05, 0.1) is 5.92 Å². The fraction of sp³-hybridized carbons (Fsp3) is 0.429. The van der Waals surface area contributed by atoms with Crippen molar-refractivity contribution < 1.29 is 4.52 Å². The number of hydrogen-bond acceptors (Lipinski definition) is 4. The predicted molar refractivity (Wildman–Crippen MR) is 77.9 cm³/mol. The van der Waals surface area contributed by atoms with E-state index in [9.17, 15) is 0 Å². The van der Waals surface area contributed by atoms with Gasteiger partial charge in [0.25, 0.3) is 0 Å². The topological polar surface area (TPSA) is 64.9 Å². The summed E-state index contributed by atoms with van der Waals surface area (Å²) in [5, 5.41) is 4.04. The first-order chi connectivity index (χ1) is 9.24. The van der Waals surface area contributed by atoms with E-state index < -0.39 is 0 Å². The molecule has 0 aliphatic rings. The normalized spacial score (nSPS) is 12.6. The summed E-state index contributed by atoms with van der Waals surface area (Å²) < 4.78 is 6.39. The molecule has 0 fully saturated rings. The summed E-state index contributed by atoms with van der Waals surface area (Å²) in [6.07, 6.45) is 2.70. The molecule has 1 atom stereocenters. The van der Waals surface area contributed by atoms with Crippen LogP contribution < -0.4 is 5.73 Å². The van der Waals surface area contributed by atoms with Crippen LogP contribution in [-0.2, 0) is 6.42 Å². The van der Waals surface area contributed by atoms with Gasteiger partial charge >= 0.3 is 0 Å². The summed E-state index contributed by atoms with van der Waals surface area (Å²) in [5.41, 5.74) is 6.89. The fourth-order valence-electron chi connectivity index (χ4n) is 2.01. The predicted octanol–water partition coefficient (Wildman–Crippen LogP) is 3.27. The van der Waals surface area contributed by atoms with E-state index in [1.54, 1.807) is 0 Å². The molecule has 0 aliphatic heterocycles. The molecule has 2 N–H and O–H groups in total. The minimum atomic E-state index is 0.172. The van der Waals surface area contributed by atoms with Crippen molar-refractivity contribution in [3.63, 3.8) is 0 Å². The molecule has 1 aromatic heterocycles. The Hall–Kier alpha value is -1.20. The molecule has 0 aliphatic carbocycles. The van der Waals surface area contributed by atoms with E-state index in [0.29, 0.717) is 24.7 Å². The lowest BCUT2D eigenvalue weighted by atomic mass is 10.0. The molecule has 19 heavy (non-hydrogen) atoms. The molecule has 102 valence electrons. The Morgan fingerprint density at radius 2 is 2.16 bits per heavy atom. The standard InChI is InChI=1S/C14H18BrN3O/c1-2-5-11(9-16)14-17-13(18-19-14)8-10-6-3-4-7-12(10)15/h3-4,6-7,11H,2,5,8-9,16H2,1H3. The number of benzene rings is 1. The molecule has 1 heterocycles. The zero-order chi connectivity index (χ0) is 13.7. The fourth-order valence-corrected chi connectivity index (χ4v) is 2.43. The van der Waals surface area contributed by atoms with Gasteiger partial charge < -0.3 is 10.3 Å². The van der Waals surface area contributed by atoms with Gasteiger partial charge in [-0.3, -0.25) is 0 Å². The molecule has 0 amide bonds. The number of rotatable bonds is 6. The van der Waals surface area contributed by atoms with Crippen molar-refractivity contribution in [3.8, 4) is 0 Å². The molecule has 0 radical (unpaired) electrons. The second-order valence-corrected chi connectivity index (χ2v) is 5.39. The van der Waals surface area contributed by atoms with E-state index in [0.717, 1.165) is 22.9 Å². The van der Waals surface area contributed by atoms with Crippen molar-refractivity contribution in [1.82, 2.24) is 10.1 Å². The second kappa shape index (κ2) is 6.82. The van der Waals surface area contributed by atoms with Gasteiger partial charge in [-0.2, -0.15) is 4.98 Å². The van der Waals surface area contributed by atoms with Gasteiger partial charge in [-0.1, -0.05) is 52.6 Å². The van der Waals surface area contributed by atoms with Crippen LogP contribution in [0.4, 0.5) is 0 Å². The maximum absolute atomic E-state index is 5.74. The van der Waals surface area contributed by atoms with Crippen molar-refractivity contribution in [3.05, 3.63) is 46.0 Å². The number of aromatic nitrogens is 2. The number of hydrogen-bond donors (Lipinski definition) is 1. The van der Waals surface area contributed by atoms with Crippen LogP contribution in [0.15, 0.2) is 33.3 Å². The zero-order valence-electron chi connectivity index (χ0n) is 11.0. The molecule has 0 bridgehead atoms. The third kappa shape index (κ3) is 3.64. The highest BCUT2D eigenvalue weighted by Gasteiger charge is 2.17. The van der Waals surface area contributed by atoms with Crippen LogP contribution in [0.5, 0.6) is 0 Å². The number of nitrogens with zero attached hydrogens (tertiary/aromatic N) is 2. The van der Waals surface area contributed by atoms with Crippen LogP contribution in [-0.4, -0.2) is 16.7 Å². The lowest BCUT2D eigenvalue weighted by Crippen LogP contribution is -2.12. The van der Waals surface area contributed by atoms with Gasteiger partial charge in [0.15, 0.2) is 5.82 Å². The molecule has 5 heteroatoms. The highest BCUT2D eigenvalue weighted by Crippen LogP contribution is 2.21. The van der Waals surface area contributed by atoms with Gasteiger partial charge in [0, 0.05) is 17.4 Å². The van der Waals surface area contributed by atoms with Crippen molar-refractivity contribution in [2.24, 2.45) is 5.73 Å². The van der Waals surface area contributed by atoms with Crippen molar-refractivity contribution in [1.29, 1.82) is 0 Å². The lowest BCUT2D eigenvalue weighted by Gasteiger charge is -2.06. The largest absolute Gasteiger partial charge is 0.339 e. The van der Waals surface area contributed by atoms with E-state index in [-0.39, 0.29) is 5.92 Å². The number of nitrogens with two attached hydrogens (primary N) is 1. The van der Waals surface area contributed by atoms with Crippen LogP contribution in [0.3, 0.4) is 0 Å². The van der Waals surface area contributed by atoms with E-state index >= 15 is 0 Å². The van der Waals surface area contributed by atoms with Gasteiger partial charge in [-0.05, 0) is 18.1 Å². The molecular formula is C14H18BrN3O. The molecule has 0 saturated heterocycles. The first-order valence-electron chi connectivity index (χ1n) is 6.50. The summed E-state index contributed by atoms with van der Waals surface area (Å²) in [4.78, 5) is 4.46. The molecule has 0 spiro atoms. The van der Waals surface area contributed by atoms with Crippen molar-refractivity contribution in [2.75, 3.05) is 6.54 Å². The van der Waals surface area contributed by atoms with Crippen LogP contribution in [0, 0.1) is 0 Å². The monoisotopic (exact) mass is 323 g/mol. The summed E-state index contributed by atoms with van der Waals surface area (Å²) in [6, 6.07) is 8.05. The van der Waals surface area contributed by atoms with Crippen molar-refractivity contribution in [2.45, 2.75) is 32.1 Å². The highest BCUT2D eigenvalue weighted by molar-refractivity contribution is 9.10. The number of halogens is 1. The minimum Gasteiger partial charge on any atom is -0.339 e. The van der Waals surface area contributed by atoms with E-state index in [1.807, 2.05) is 24.3 Å². The molecule has 2 aromatic rings. The van der Waals surface area contributed by atoms with Crippen LogP contribution in [0.2, 0.25) is 0 Å². The first kappa shape index (κ1) is 14.2. The summed E-state index contributed by atoms with van der Waals surface area (Å²) in [5.74, 6) is 1.54. The van der Waals surface area contributed by atoms with E-state index in [2.05, 4.69) is 33.0 Å². The highest BCUT2D eigenvalue weighted by atomic mass is 79.9. The Bertz CT molecular complexity index is 527. The van der Waals surface area contributed by atoms with Crippen LogP contribution >= 0.6 is 15.9 Å². The first-order valence-corrected chi connectivity index (χ1v) is 7.29. The SMILES string of the molecule is CCCC(CN)c1nc(Cc2ccccc2Br)no1. The zero-order valence-corrected chi connectivity index (χ0v) is 12.6. The van der Waals surface area contributed by atoms with Gasteiger partial charge in [0.2, 0.25) is 5.89 Å². The lowest BCUT2D eigenvalue weighted by molar-refractivity contribution is 0.344. The van der Waals surface area contributed by atoms with Gasteiger partial charge in [-0.25, -0.2) is 0 Å².